The SMILES string of the molecule is COc1cc2c(cc1OCCCN(C)C)C(c1cc(C)cc(C)c1OC)NCC2. The van der Waals surface area contributed by atoms with Gasteiger partial charge in [-0.25, -0.2) is 0 Å². The van der Waals surface area contributed by atoms with Gasteiger partial charge in [-0.3, -0.25) is 0 Å². The van der Waals surface area contributed by atoms with Crippen LogP contribution in [0.15, 0.2) is 24.3 Å². The number of ether oxygens (including phenoxy) is 3. The molecule has 29 heavy (non-hydrogen) atoms. The number of rotatable bonds is 8. The Hall–Kier alpha value is -2.24. The molecule has 2 aromatic rings. The maximum absolute atomic E-state index is 6.12. The molecule has 5 nitrogen and oxygen atoms in total. The van der Waals surface area contributed by atoms with Crippen molar-refractivity contribution in [1.29, 1.82) is 0 Å². The smallest absolute Gasteiger partial charge is 0.161 e. The Bertz CT molecular complexity index is 849. The summed E-state index contributed by atoms with van der Waals surface area (Å²) in [6, 6.07) is 8.75. The van der Waals surface area contributed by atoms with E-state index in [1.54, 1.807) is 14.2 Å². The van der Waals surface area contributed by atoms with Crippen LogP contribution < -0.4 is 19.5 Å². The highest BCUT2D eigenvalue weighted by atomic mass is 16.5. The van der Waals surface area contributed by atoms with E-state index in [1.165, 1.54) is 22.3 Å². The third-order valence-corrected chi connectivity index (χ3v) is 5.45. The van der Waals surface area contributed by atoms with Gasteiger partial charge >= 0.3 is 0 Å². The summed E-state index contributed by atoms with van der Waals surface area (Å²) in [6.07, 6.45) is 1.94. The van der Waals surface area contributed by atoms with Gasteiger partial charge < -0.3 is 24.4 Å². The predicted molar refractivity (Wildman–Crippen MR) is 118 cm³/mol. The summed E-state index contributed by atoms with van der Waals surface area (Å²) in [5.74, 6) is 2.56. The van der Waals surface area contributed by atoms with Gasteiger partial charge in [-0.1, -0.05) is 17.7 Å². The van der Waals surface area contributed by atoms with Crippen LogP contribution in [0.5, 0.6) is 17.2 Å². The summed E-state index contributed by atoms with van der Waals surface area (Å²) < 4.78 is 17.5. The molecule has 0 aromatic heterocycles. The van der Waals surface area contributed by atoms with Gasteiger partial charge in [0, 0.05) is 18.7 Å². The van der Waals surface area contributed by atoms with E-state index in [9.17, 15) is 0 Å². The van der Waals surface area contributed by atoms with Crippen LogP contribution in [-0.4, -0.2) is 52.9 Å². The molecule has 3 rings (SSSR count). The topological polar surface area (TPSA) is 43.0 Å². The van der Waals surface area contributed by atoms with Gasteiger partial charge in [-0.15, -0.1) is 0 Å². The number of methoxy groups -OCH3 is 2. The first-order chi connectivity index (χ1) is 13.9. The lowest BCUT2D eigenvalue weighted by atomic mass is 9.87. The fourth-order valence-electron chi connectivity index (χ4n) is 4.16. The monoisotopic (exact) mass is 398 g/mol. The Balaban J connectivity index is 1.97. The fourth-order valence-corrected chi connectivity index (χ4v) is 4.16. The van der Waals surface area contributed by atoms with Gasteiger partial charge in [0.1, 0.15) is 5.75 Å². The Morgan fingerprint density at radius 2 is 1.79 bits per heavy atom. The third-order valence-electron chi connectivity index (χ3n) is 5.45. The number of aryl methyl sites for hydroxylation is 2. The first-order valence-corrected chi connectivity index (χ1v) is 10.3. The van der Waals surface area contributed by atoms with Gasteiger partial charge in [-0.2, -0.15) is 0 Å². The summed E-state index contributed by atoms with van der Waals surface area (Å²) in [6.45, 7) is 6.81. The zero-order valence-electron chi connectivity index (χ0n) is 18.6. The van der Waals surface area contributed by atoms with Crippen LogP contribution in [0, 0.1) is 13.8 Å². The van der Waals surface area contributed by atoms with E-state index < -0.39 is 0 Å². The van der Waals surface area contributed by atoms with Crippen LogP contribution in [0.2, 0.25) is 0 Å². The molecule has 0 radical (unpaired) electrons. The van der Waals surface area contributed by atoms with E-state index in [1.807, 2.05) is 0 Å². The van der Waals surface area contributed by atoms with Gasteiger partial charge in [0.05, 0.1) is 26.9 Å². The molecule has 0 amide bonds. The number of hydrogen-bond donors (Lipinski definition) is 1. The second-order valence-corrected chi connectivity index (χ2v) is 8.05. The van der Waals surface area contributed by atoms with Crippen LogP contribution >= 0.6 is 0 Å². The van der Waals surface area contributed by atoms with Crippen molar-refractivity contribution in [2.75, 3.05) is 48.0 Å². The average Bonchev–Trinajstić information content (AvgIpc) is 2.69. The quantitative estimate of drug-likeness (QED) is 0.684. The minimum absolute atomic E-state index is 0.0716. The molecule has 2 aromatic carbocycles. The second kappa shape index (κ2) is 9.51. The van der Waals surface area contributed by atoms with Gasteiger partial charge in [-0.05, 0) is 69.6 Å². The zero-order valence-corrected chi connectivity index (χ0v) is 18.6. The highest BCUT2D eigenvalue weighted by Gasteiger charge is 2.27. The molecule has 0 saturated heterocycles. The lowest BCUT2D eigenvalue weighted by Gasteiger charge is -2.30. The van der Waals surface area contributed by atoms with Crippen molar-refractivity contribution in [3.8, 4) is 17.2 Å². The first kappa shape index (κ1) is 21.5. The van der Waals surface area contributed by atoms with Crippen LogP contribution in [0.25, 0.3) is 0 Å². The minimum atomic E-state index is 0.0716. The minimum Gasteiger partial charge on any atom is -0.496 e. The van der Waals surface area contributed by atoms with Crippen LogP contribution in [-0.2, 0) is 6.42 Å². The third kappa shape index (κ3) is 4.85. The summed E-state index contributed by atoms with van der Waals surface area (Å²) in [7, 11) is 7.61. The van der Waals surface area contributed by atoms with Crippen molar-refractivity contribution in [2.24, 2.45) is 0 Å². The molecular weight excluding hydrogens is 364 g/mol. The van der Waals surface area contributed by atoms with Crippen LogP contribution in [0.1, 0.15) is 40.3 Å². The number of benzene rings is 2. The maximum Gasteiger partial charge on any atom is 0.161 e. The Morgan fingerprint density at radius 3 is 2.48 bits per heavy atom. The summed E-state index contributed by atoms with van der Waals surface area (Å²) >= 11 is 0. The Morgan fingerprint density at radius 1 is 1.00 bits per heavy atom. The van der Waals surface area contributed by atoms with Crippen molar-refractivity contribution < 1.29 is 14.2 Å². The molecule has 1 heterocycles. The second-order valence-electron chi connectivity index (χ2n) is 8.05. The van der Waals surface area contributed by atoms with Crippen LogP contribution in [0.4, 0.5) is 0 Å². The molecule has 1 aliphatic heterocycles. The van der Waals surface area contributed by atoms with E-state index in [0.717, 1.165) is 48.7 Å². The van der Waals surface area contributed by atoms with Crippen molar-refractivity contribution in [3.63, 3.8) is 0 Å². The molecule has 158 valence electrons. The van der Waals surface area contributed by atoms with E-state index in [2.05, 4.69) is 62.4 Å². The highest BCUT2D eigenvalue weighted by molar-refractivity contribution is 5.55. The first-order valence-electron chi connectivity index (χ1n) is 10.3. The molecular formula is C24H34N2O3. The molecule has 1 aliphatic rings. The van der Waals surface area contributed by atoms with Gasteiger partial charge in [0.15, 0.2) is 11.5 Å². The number of nitrogens with one attached hydrogen (secondary N) is 1. The van der Waals surface area contributed by atoms with Crippen molar-refractivity contribution in [1.82, 2.24) is 10.2 Å². The Kier molecular flexibility index (Phi) is 7.04. The maximum atomic E-state index is 6.12. The summed E-state index contributed by atoms with van der Waals surface area (Å²) in [4.78, 5) is 2.17. The highest BCUT2D eigenvalue weighted by Crippen LogP contribution is 2.41. The van der Waals surface area contributed by atoms with E-state index in [0.29, 0.717) is 6.61 Å². The lowest BCUT2D eigenvalue weighted by molar-refractivity contribution is 0.267. The standard InChI is InChI=1S/C24H34N2O3/c1-16-12-17(2)24(28-6)20(13-16)23-19-15-22(29-11-7-10-26(3)4)21(27-5)14-18(19)8-9-25-23/h12-15,23,25H,7-11H2,1-6H3. The molecule has 5 heteroatoms. The van der Waals surface area contributed by atoms with Gasteiger partial charge in [0.25, 0.3) is 0 Å². The fraction of sp³-hybridized carbons (Fsp3) is 0.500. The normalized spacial score (nSPS) is 15.9. The molecule has 0 bridgehead atoms. The number of fused-ring (bicyclic) bond motifs is 1. The van der Waals surface area contributed by atoms with E-state index in [4.69, 9.17) is 14.2 Å². The Labute approximate surface area is 175 Å². The van der Waals surface area contributed by atoms with Gasteiger partial charge in [0.2, 0.25) is 0 Å². The molecule has 1 atom stereocenters. The summed E-state index contributed by atoms with van der Waals surface area (Å²) in [5.41, 5.74) is 6.11. The molecule has 0 aliphatic carbocycles. The number of hydrogen-bond acceptors (Lipinski definition) is 5. The molecule has 0 saturated carbocycles. The van der Waals surface area contributed by atoms with E-state index in [-0.39, 0.29) is 6.04 Å². The zero-order chi connectivity index (χ0) is 21.0. The lowest BCUT2D eigenvalue weighted by Crippen LogP contribution is -2.31. The van der Waals surface area contributed by atoms with Crippen LogP contribution in [0.3, 0.4) is 0 Å². The molecule has 1 unspecified atom stereocenters. The predicted octanol–water partition coefficient (Wildman–Crippen LogP) is 3.89. The average molecular weight is 399 g/mol. The van der Waals surface area contributed by atoms with Crippen molar-refractivity contribution in [2.45, 2.75) is 32.7 Å². The number of nitrogens with zero attached hydrogens (tertiary/aromatic N) is 1. The molecule has 1 N–H and O–H groups in total. The van der Waals surface area contributed by atoms with Crippen molar-refractivity contribution in [3.05, 3.63) is 52.1 Å². The largest absolute Gasteiger partial charge is 0.496 e. The molecule has 0 fully saturated rings. The summed E-state index contributed by atoms with van der Waals surface area (Å²) in [5, 5.41) is 3.68. The molecule has 0 spiro atoms. The van der Waals surface area contributed by atoms with Crippen molar-refractivity contribution >= 4 is 0 Å². The van der Waals surface area contributed by atoms with E-state index >= 15 is 0 Å².